The van der Waals surface area contributed by atoms with Gasteiger partial charge in [0.15, 0.2) is 18.1 Å². The van der Waals surface area contributed by atoms with Gasteiger partial charge in [-0.3, -0.25) is 0 Å². The van der Waals surface area contributed by atoms with Crippen molar-refractivity contribution in [2.24, 2.45) is 0 Å². The van der Waals surface area contributed by atoms with Crippen LogP contribution in [0.4, 0.5) is 0 Å². The van der Waals surface area contributed by atoms with Gasteiger partial charge in [-0.15, -0.1) is 0 Å². The first-order valence-electron chi connectivity index (χ1n) is 5.19. The summed E-state index contributed by atoms with van der Waals surface area (Å²) in [5, 5.41) is 0. The van der Waals surface area contributed by atoms with Crippen LogP contribution in [0.5, 0.6) is 11.5 Å². The fraction of sp³-hybridized carbons (Fsp3) is 0.417. The molecule has 1 aromatic carbocycles. The molecule has 0 aliphatic heterocycles. The maximum absolute atomic E-state index is 10.9. The summed E-state index contributed by atoms with van der Waals surface area (Å²) in [5.41, 5.74) is 0. The molecule has 0 saturated carbocycles. The molecule has 0 aliphatic carbocycles. The van der Waals surface area contributed by atoms with Crippen molar-refractivity contribution in [3.63, 3.8) is 0 Å². The van der Waals surface area contributed by atoms with Gasteiger partial charge in [-0.1, -0.05) is 19.1 Å². The van der Waals surface area contributed by atoms with Crippen molar-refractivity contribution in [3.8, 4) is 11.5 Å². The van der Waals surface area contributed by atoms with E-state index in [-0.39, 0.29) is 6.61 Å². The van der Waals surface area contributed by atoms with Gasteiger partial charge < -0.3 is 14.2 Å². The molecule has 0 bridgehead atoms. The molecule has 0 radical (unpaired) electrons. The molecule has 0 spiro atoms. The quantitative estimate of drug-likeness (QED) is 0.693. The van der Waals surface area contributed by atoms with E-state index in [0.717, 1.165) is 6.42 Å². The second-order valence-corrected chi connectivity index (χ2v) is 3.16. The van der Waals surface area contributed by atoms with E-state index >= 15 is 0 Å². The molecule has 0 aliphatic rings. The van der Waals surface area contributed by atoms with E-state index in [1.165, 1.54) is 7.11 Å². The molecule has 88 valence electrons. The Kier molecular flexibility index (Phi) is 5.19. The van der Waals surface area contributed by atoms with Crippen molar-refractivity contribution < 1.29 is 19.0 Å². The molecule has 4 heteroatoms. The second-order valence-electron chi connectivity index (χ2n) is 3.16. The first kappa shape index (κ1) is 12.4. The lowest BCUT2D eigenvalue weighted by atomic mass is 10.3. The van der Waals surface area contributed by atoms with E-state index in [1.807, 2.05) is 25.1 Å². The smallest absolute Gasteiger partial charge is 0.343 e. The lowest BCUT2D eigenvalue weighted by Crippen LogP contribution is -2.13. The molecule has 0 amide bonds. The SMILES string of the molecule is CCCOc1ccccc1OCC(=O)OC. The minimum atomic E-state index is -0.412. The fourth-order valence-electron chi connectivity index (χ4n) is 1.10. The van der Waals surface area contributed by atoms with Crippen LogP contribution in [-0.2, 0) is 9.53 Å². The molecule has 0 fully saturated rings. The van der Waals surface area contributed by atoms with Crippen LogP contribution >= 0.6 is 0 Å². The number of rotatable bonds is 6. The van der Waals surface area contributed by atoms with Gasteiger partial charge in [-0.25, -0.2) is 4.79 Å². The zero-order chi connectivity index (χ0) is 11.8. The van der Waals surface area contributed by atoms with Crippen LogP contribution in [0.3, 0.4) is 0 Å². The summed E-state index contributed by atoms with van der Waals surface area (Å²) in [5.74, 6) is 0.792. The van der Waals surface area contributed by atoms with Gasteiger partial charge in [-0.05, 0) is 18.6 Å². The van der Waals surface area contributed by atoms with E-state index in [1.54, 1.807) is 6.07 Å². The molecular formula is C12H16O4. The van der Waals surface area contributed by atoms with Crippen molar-refractivity contribution in [1.29, 1.82) is 0 Å². The van der Waals surface area contributed by atoms with Crippen LogP contribution in [-0.4, -0.2) is 26.3 Å². The molecular weight excluding hydrogens is 208 g/mol. The molecule has 0 saturated heterocycles. The van der Waals surface area contributed by atoms with Crippen molar-refractivity contribution in [1.82, 2.24) is 0 Å². The Hall–Kier alpha value is -1.71. The first-order valence-corrected chi connectivity index (χ1v) is 5.19. The third-order valence-corrected chi connectivity index (χ3v) is 1.88. The Morgan fingerprint density at radius 1 is 1.19 bits per heavy atom. The van der Waals surface area contributed by atoms with Gasteiger partial charge in [0.05, 0.1) is 13.7 Å². The standard InChI is InChI=1S/C12H16O4/c1-3-8-15-10-6-4-5-7-11(10)16-9-12(13)14-2/h4-7H,3,8-9H2,1-2H3. The molecule has 0 N–H and O–H groups in total. The first-order chi connectivity index (χ1) is 7.77. The predicted octanol–water partition coefficient (Wildman–Crippen LogP) is 2.03. The summed E-state index contributed by atoms with van der Waals surface area (Å²) in [6, 6.07) is 7.25. The number of hydrogen-bond acceptors (Lipinski definition) is 4. The number of para-hydroxylation sites is 2. The molecule has 0 unspecified atom stereocenters. The van der Waals surface area contributed by atoms with E-state index in [4.69, 9.17) is 9.47 Å². The van der Waals surface area contributed by atoms with E-state index in [0.29, 0.717) is 18.1 Å². The van der Waals surface area contributed by atoms with E-state index in [9.17, 15) is 4.79 Å². The highest BCUT2D eigenvalue weighted by molar-refractivity contribution is 5.71. The van der Waals surface area contributed by atoms with Crippen LogP contribution in [0, 0.1) is 0 Å². The minimum Gasteiger partial charge on any atom is -0.490 e. The summed E-state index contributed by atoms with van der Waals surface area (Å²) in [6.07, 6.45) is 0.922. The Labute approximate surface area is 95.1 Å². The zero-order valence-electron chi connectivity index (χ0n) is 9.56. The lowest BCUT2D eigenvalue weighted by molar-refractivity contribution is -0.142. The van der Waals surface area contributed by atoms with Crippen molar-refractivity contribution in [2.75, 3.05) is 20.3 Å². The van der Waals surface area contributed by atoms with Gasteiger partial charge >= 0.3 is 5.97 Å². The van der Waals surface area contributed by atoms with Crippen LogP contribution in [0.15, 0.2) is 24.3 Å². The van der Waals surface area contributed by atoms with Crippen molar-refractivity contribution in [2.45, 2.75) is 13.3 Å². The Morgan fingerprint density at radius 2 is 1.81 bits per heavy atom. The largest absolute Gasteiger partial charge is 0.490 e. The topological polar surface area (TPSA) is 44.8 Å². The third-order valence-electron chi connectivity index (χ3n) is 1.88. The number of hydrogen-bond donors (Lipinski definition) is 0. The van der Waals surface area contributed by atoms with Crippen LogP contribution < -0.4 is 9.47 Å². The monoisotopic (exact) mass is 224 g/mol. The Bertz CT molecular complexity index is 336. The predicted molar refractivity (Wildman–Crippen MR) is 59.7 cm³/mol. The highest BCUT2D eigenvalue weighted by Crippen LogP contribution is 2.26. The molecule has 0 atom stereocenters. The number of benzene rings is 1. The Balaban J connectivity index is 2.59. The summed E-state index contributed by atoms with van der Waals surface area (Å²) < 4.78 is 15.3. The van der Waals surface area contributed by atoms with E-state index < -0.39 is 5.97 Å². The maximum Gasteiger partial charge on any atom is 0.343 e. The van der Waals surface area contributed by atoms with Crippen molar-refractivity contribution >= 4 is 5.97 Å². The van der Waals surface area contributed by atoms with Gasteiger partial charge in [-0.2, -0.15) is 0 Å². The highest BCUT2D eigenvalue weighted by Gasteiger charge is 2.06. The molecule has 16 heavy (non-hydrogen) atoms. The average Bonchev–Trinajstić information content (AvgIpc) is 2.34. The number of carbonyl (C=O) groups excluding carboxylic acids is 1. The summed E-state index contributed by atoms with van der Waals surface area (Å²) in [7, 11) is 1.32. The Morgan fingerprint density at radius 3 is 2.38 bits per heavy atom. The fourth-order valence-corrected chi connectivity index (χ4v) is 1.10. The van der Waals surface area contributed by atoms with Gasteiger partial charge in [0.25, 0.3) is 0 Å². The van der Waals surface area contributed by atoms with Crippen LogP contribution in [0.1, 0.15) is 13.3 Å². The highest BCUT2D eigenvalue weighted by atomic mass is 16.6. The normalized spacial score (nSPS) is 9.62. The van der Waals surface area contributed by atoms with Crippen molar-refractivity contribution in [3.05, 3.63) is 24.3 Å². The second kappa shape index (κ2) is 6.71. The molecule has 0 aromatic heterocycles. The molecule has 0 heterocycles. The lowest BCUT2D eigenvalue weighted by Gasteiger charge is -2.11. The van der Waals surface area contributed by atoms with Gasteiger partial charge in [0.2, 0.25) is 0 Å². The number of carbonyl (C=O) groups is 1. The van der Waals surface area contributed by atoms with E-state index in [2.05, 4.69) is 4.74 Å². The molecule has 1 aromatic rings. The number of ether oxygens (including phenoxy) is 3. The summed E-state index contributed by atoms with van der Waals surface area (Å²) in [4.78, 5) is 10.9. The third kappa shape index (κ3) is 3.81. The summed E-state index contributed by atoms with van der Waals surface area (Å²) in [6.45, 7) is 2.54. The minimum absolute atomic E-state index is 0.108. The average molecular weight is 224 g/mol. The van der Waals surface area contributed by atoms with Gasteiger partial charge in [0, 0.05) is 0 Å². The summed E-state index contributed by atoms with van der Waals surface area (Å²) >= 11 is 0. The van der Waals surface area contributed by atoms with Crippen LogP contribution in [0.25, 0.3) is 0 Å². The van der Waals surface area contributed by atoms with Gasteiger partial charge in [0.1, 0.15) is 0 Å². The zero-order valence-corrected chi connectivity index (χ0v) is 9.56. The number of esters is 1. The molecule has 4 nitrogen and oxygen atoms in total. The maximum atomic E-state index is 10.9. The van der Waals surface area contributed by atoms with Crippen LogP contribution in [0.2, 0.25) is 0 Å². The molecule has 1 rings (SSSR count). The number of methoxy groups -OCH3 is 1.